The summed E-state index contributed by atoms with van der Waals surface area (Å²) in [4.78, 5) is 13.5. The fraction of sp³-hybridized carbons (Fsp3) is 0.357. The number of hydrogen-bond acceptors (Lipinski definition) is 2. The normalized spacial score (nSPS) is 18.5. The Morgan fingerprint density at radius 3 is 2.47 bits per heavy atom. The zero-order valence-corrected chi connectivity index (χ0v) is 10.7. The summed E-state index contributed by atoms with van der Waals surface area (Å²) in [5.41, 5.74) is 3.04. The number of rotatable bonds is 1. The van der Waals surface area contributed by atoms with E-state index >= 15 is 0 Å². The molecule has 0 spiro atoms. The molecule has 3 nitrogen and oxygen atoms in total. The van der Waals surface area contributed by atoms with E-state index in [4.69, 9.17) is 4.74 Å². The first kappa shape index (κ1) is 11.7. The highest BCUT2D eigenvalue weighted by Gasteiger charge is 2.43. The smallest absolute Gasteiger partial charge is 0.419 e. The first-order chi connectivity index (χ1) is 7.83. The van der Waals surface area contributed by atoms with Gasteiger partial charge in [-0.1, -0.05) is 18.7 Å². The van der Waals surface area contributed by atoms with Crippen LogP contribution in [0.15, 0.2) is 30.5 Å². The Morgan fingerprint density at radius 2 is 1.94 bits per heavy atom. The summed E-state index contributed by atoms with van der Waals surface area (Å²) in [6.45, 7) is 11.6. The summed E-state index contributed by atoms with van der Waals surface area (Å²) in [6, 6.07) is 5.99. The highest BCUT2D eigenvalue weighted by atomic mass is 16.6. The van der Waals surface area contributed by atoms with Gasteiger partial charge in [-0.05, 0) is 44.9 Å². The molecule has 0 saturated carbocycles. The molecular weight excluding hydrogens is 214 g/mol. The third-order valence-electron chi connectivity index (χ3n) is 3.10. The van der Waals surface area contributed by atoms with Crippen molar-refractivity contribution >= 4 is 11.8 Å². The van der Waals surface area contributed by atoms with Crippen LogP contribution in [0.25, 0.3) is 0 Å². The van der Waals surface area contributed by atoms with Gasteiger partial charge >= 0.3 is 6.09 Å². The molecule has 1 aliphatic rings. The molecule has 0 N–H and O–H groups in total. The Hall–Kier alpha value is -1.77. The number of hydrogen-bond donors (Lipinski definition) is 0. The molecule has 17 heavy (non-hydrogen) atoms. The van der Waals surface area contributed by atoms with Gasteiger partial charge in [-0.15, -0.1) is 0 Å². The Morgan fingerprint density at radius 1 is 1.29 bits per heavy atom. The number of carbonyl (C=O) groups excluding carboxylic acids is 1. The summed E-state index contributed by atoms with van der Waals surface area (Å²) in [5.74, 6) is 0. The van der Waals surface area contributed by atoms with Gasteiger partial charge in [0.2, 0.25) is 0 Å². The molecule has 3 heteroatoms. The number of anilines is 1. The Balaban J connectivity index is 2.51. The highest BCUT2D eigenvalue weighted by molar-refractivity contribution is 5.95. The lowest BCUT2D eigenvalue weighted by molar-refractivity contribution is 0.0987. The van der Waals surface area contributed by atoms with Gasteiger partial charge in [0.05, 0.1) is 11.4 Å². The molecule has 0 unspecified atom stereocenters. The van der Waals surface area contributed by atoms with Crippen LogP contribution in [-0.2, 0) is 4.74 Å². The van der Waals surface area contributed by atoms with E-state index in [1.54, 1.807) is 4.90 Å². The molecule has 1 aromatic carbocycles. The largest absolute Gasteiger partial charge is 0.436 e. The van der Waals surface area contributed by atoms with E-state index in [0.29, 0.717) is 5.70 Å². The van der Waals surface area contributed by atoms with Gasteiger partial charge in [-0.2, -0.15) is 0 Å². The van der Waals surface area contributed by atoms with Crippen LogP contribution in [-0.4, -0.2) is 11.7 Å². The zero-order chi connectivity index (χ0) is 12.8. The van der Waals surface area contributed by atoms with Crippen LogP contribution < -0.4 is 4.90 Å². The van der Waals surface area contributed by atoms with Crippen molar-refractivity contribution in [3.8, 4) is 0 Å². The van der Waals surface area contributed by atoms with Gasteiger partial charge in [0.25, 0.3) is 0 Å². The number of ether oxygens (including phenoxy) is 1. The van der Waals surface area contributed by atoms with Gasteiger partial charge < -0.3 is 4.74 Å². The number of amides is 1. The predicted molar refractivity (Wildman–Crippen MR) is 68.1 cm³/mol. The van der Waals surface area contributed by atoms with Crippen molar-refractivity contribution in [2.75, 3.05) is 4.90 Å². The SMILES string of the molecule is C=C1N(c2cc(C)ccc2C)C(=O)OC1(C)C. The van der Waals surface area contributed by atoms with Crippen molar-refractivity contribution in [1.29, 1.82) is 0 Å². The highest BCUT2D eigenvalue weighted by Crippen LogP contribution is 2.37. The lowest BCUT2D eigenvalue weighted by Gasteiger charge is -2.20. The van der Waals surface area contributed by atoms with Crippen molar-refractivity contribution in [2.45, 2.75) is 33.3 Å². The zero-order valence-electron chi connectivity index (χ0n) is 10.7. The standard InChI is InChI=1S/C14H17NO2/c1-9-6-7-10(2)12(8-9)15-11(3)14(4,5)17-13(15)16/h6-8H,3H2,1-2,4-5H3. The Labute approximate surface area is 102 Å². The van der Waals surface area contributed by atoms with E-state index in [1.807, 2.05) is 45.9 Å². The molecule has 0 radical (unpaired) electrons. The van der Waals surface area contributed by atoms with E-state index in [9.17, 15) is 4.79 Å². The van der Waals surface area contributed by atoms with Gasteiger partial charge in [0.1, 0.15) is 5.60 Å². The summed E-state index contributed by atoms with van der Waals surface area (Å²) < 4.78 is 5.31. The summed E-state index contributed by atoms with van der Waals surface area (Å²) >= 11 is 0. The summed E-state index contributed by atoms with van der Waals surface area (Å²) in [5, 5.41) is 0. The molecule has 1 saturated heterocycles. The van der Waals surface area contributed by atoms with Gasteiger partial charge in [0, 0.05) is 0 Å². The van der Waals surface area contributed by atoms with Crippen LogP contribution in [0, 0.1) is 13.8 Å². The average molecular weight is 231 g/mol. The van der Waals surface area contributed by atoms with Crippen molar-refractivity contribution in [3.05, 3.63) is 41.6 Å². The number of benzene rings is 1. The molecule has 0 bridgehead atoms. The molecular formula is C14H17NO2. The van der Waals surface area contributed by atoms with Crippen LogP contribution in [0.2, 0.25) is 0 Å². The van der Waals surface area contributed by atoms with Gasteiger partial charge in [-0.25, -0.2) is 9.69 Å². The Kier molecular flexibility index (Phi) is 2.49. The third kappa shape index (κ3) is 1.82. The van der Waals surface area contributed by atoms with Crippen molar-refractivity contribution in [3.63, 3.8) is 0 Å². The van der Waals surface area contributed by atoms with E-state index in [0.717, 1.165) is 16.8 Å². The third-order valence-corrected chi connectivity index (χ3v) is 3.10. The molecule has 2 rings (SSSR count). The van der Waals surface area contributed by atoms with Crippen LogP contribution in [0.3, 0.4) is 0 Å². The van der Waals surface area contributed by atoms with Crippen molar-refractivity contribution in [2.24, 2.45) is 0 Å². The fourth-order valence-corrected chi connectivity index (χ4v) is 1.91. The molecule has 0 aliphatic carbocycles. The molecule has 0 atom stereocenters. The molecule has 1 amide bonds. The topological polar surface area (TPSA) is 29.5 Å². The first-order valence-electron chi connectivity index (χ1n) is 5.62. The summed E-state index contributed by atoms with van der Waals surface area (Å²) in [6.07, 6.45) is -0.353. The average Bonchev–Trinajstić information content (AvgIpc) is 2.41. The minimum Gasteiger partial charge on any atom is -0.436 e. The number of aryl methyl sites for hydroxylation is 2. The number of nitrogens with zero attached hydrogens (tertiary/aromatic N) is 1. The van der Waals surface area contributed by atoms with Crippen LogP contribution in [0.1, 0.15) is 25.0 Å². The molecule has 90 valence electrons. The Bertz CT molecular complexity index is 503. The van der Waals surface area contributed by atoms with Gasteiger partial charge in [-0.3, -0.25) is 0 Å². The van der Waals surface area contributed by atoms with E-state index < -0.39 is 5.60 Å². The van der Waals surface area contributed by atoms with Crippen LogP contribution >= 0.6 is 0 Å². The second-order valence-corrected chi connectivity index (χ2v) is 4.95. The summed E-state index contributed by atoms with van der Waals surface area (Å²) in [7, 11) is 0. The number of cyclic esters (lactones) is 1. The lowest BCUT2D eigenvalue weighted by atomic mass is 10.0. The minimum atomic E-state index is -0.632. The maximum Gasteiger partial charge on any atom is 0.419 e. The molecule has 1 heterocycles. The maximum absolute atomic E-state index is 11.9. The quantitative estimate of drug-likeness (QED) is 0.739. The second-order valence-electron chi connectivity index (χ2n) is 4.95. The maximum atomic E-state index is 11.9. The lowest BCUT2D eigenvalue weighted by Crippen LogP contribution is -2.25. The van der Waals surface area contributed by atoms with Crippen LogP contribution in [0.4, 0.5) is 10.5 Å². The molecule has 1 aromatic rings. The van der Waals surface area contributed by atoms with Crippen LogP contribution in [0.5, 0.6) is 0 Å². The fourth-order valence-electron chi connectivity index (χ4n) is 1.91. The molecule has 1 aliphatic heterocycles. The molecule has 1 fully saturated rings. The van der Waals surface area contributed by atoms with Crippen molar-refractivity contribution in [1.82, 2.24) is 0 Å². The minimum absolute atomic E-state index is 0.353. The second kappa shape index (κ2) is 3.62. The predicted octanol–water partition coefficient (Wildman–Crippen LogP) is 3.55. The molecule has 0 aromatic heterocycles. The van der Waals surface area contributed by atoms with E-state index in [1.165, 1.54) is 0 Å². The van der Waals surface area contributed by atoms with Gasteiger partial charge in [0.15, 0.2) is 0 Å². The monoisotopic (exact) mass is 231 g/mol. The first-order valence-corrected chi connectivity index (χ1v) is 5.62. The number of carbonyl (C=O) groups is 1. The van der Waals surface area contributed by atoms with Crippen molar-refractivity contribution < 1.29 is 9.53 Å². The van der Waals surface area contributed by atoms with E-state index in [-0.39, 0.29) is 6.09 Å². The van der Waals surface area contributed by atoms with E-state index in [2.05, 4.69) is 6.58 Å².